The molecule has 1 aliphatic rings. The predicted molar refractivity (Wildman–Crippen MR) is 82.4 cm³/mol. The average Bonchev–Trinajstić information content (AvgIpc) is 2.20. The quantitative estimate of drug-likeness (QED) is 0.489. The monoisotopic (exact) mass is 283 g/mol. The zero-order valence-corrected chi connectivity index (χ0v) is 14.4. The van der Waals surface area contributed by atoms with Crippen LogP contribution in [0.3, 0.4) is 0 Å². The van der Waals surface area contributed by atoms with Gasteiger partial charge in [-0.1, -0.05) is 46.0 Å². The lowest BCUT2D eigenvalue weighted by molar-refractivity contribution is -0.154. The summed E-state index contributed by atoms with van der Waals surface area (Å²) < 4.78 is 2.12. The van der Waals surface area contributed by atoms with E-state index in [0.717, 1.165) is 6.42 Å². The van der Waals surface area contributed by atoms with Crippen LogP contribution in [-0.2, 0) is 4.79 Å². The van der Waals surface area contributed by atoms with Gasteiger partial charge in [0.15, 0.2) is 8.24 Å². The van der Waals surface area contributed by atoms with Crippen molar-refractivity contribution < 1.29 is 9.90 Å². The van der Waals surface area contributed by atoms with E-state index in [1.165, 1.54) is 0 Å². The van der Waals surface area contributed by atoms with Crippen molar-refractivity contribution >= 4 is 14.1 Å². The molecule has 1 N–H and O–H groups in total. The number of amides is 1. The van der Waals surface area contributed by atoms with E-state index in [-0.39, 0.29) is 22.9 Å². The van der Waals surface area contributed by atoms with Gasteiger partial charge in [-0.15, -0.1) is 0 Å². The number of carbonyl (C=O) groups excluding carboxylic acids is 1. The number of β-lactam (4-membered cyclic amide) rings is 1. The third kappa shape index (κ3) is 2.79. The second kappa shape index (κ2) is 5.41. The molecule has 0 aromatic heterocycles. The summed E-state index contributed by atoms with van der Waals surface area (Å²) in [5.41, 5.74) is 0. The second-order valence-corrected chi connectivity index (χ2v) is 12.3. The molecule has 3 unspecified atom stereocenters. The van der Waals surface area contributed by atoms with E-state index in [1.807, 2.05) is 13.0 Å². The van der Waals surface area contributed by atoms with Crippen LogP contribution < -0.4 is 0 Å². The van der Waals surface area contributed by atoms with Crippen molar-refractivity contribution in [1.29, 1.82) is 0 Å². The van der Waals surface area contributed by atoms with Gasteiger partial charge in [-0.2, -0.15) is 0 Å². The van der Waals surface area contributed by atoms with E-state index in [0.29, 0.717) is 0 Å². The summed E-state index contributed by atoms with van der Waals surface area (Å²) in [7, 11) is -1.85. The third-order valence-corrected chi connectivity index (χ3v) is 10.3. The molecule has 3 nitrogen and oxygen atoms in total. The summed E-state index contributed by atoms with van der Waals surface area (Å²) in [6.45, 7) is 14.9. The van der Waals surface area contributed by atoms with Crippen molar-refractivity contribution in [2.45, 2.75) is 71.3 Å². The van der Waals surface area contributed by atoms with Gasteiger partial charge in [-0.05, 0) is 25.3 Å². The molecular formula is C15H29NO2Si. The van der Waals surface area contributed by atoms with Crippen molar-refractivity contribution in [3.05, 3.63) is 12.2 Å². The molecule has 1 heterocycles. The average molecular weight is 283 g/mol. The topological polar surface area (TPSA) is 40.5 Å². The van der Waals surface area contributed by atoms with Crippen LogP contribution in [0.25, 0.3) is 0 Å². The highest BCUT2D eigenvalue weighted by Crippen LogP contribution is 2.46. The van der Waals surface area contributed by atoms with Crippen LogP contribution in [0.4, 0.5) is 0 Å². The molecule has 110 valence electrons. The van der Waals surface area contributed by atoms with Crippen LogP contribution >= 0.6 is 0 Å². The Labute approximate surface area is 118 Å². The molecule has 0 spiro atoms. The Bertz CT molecular complexity index is 369. The Hall–Kier alpha value is -0.613. The fourth-order valence-corrected chi connectivity index (χ4v) is 5.19. The van der Waals surface area contributed by atoms with Gasteiger partial charge in [0, 0.05) is 6.04 Å². The number of nitrogens with zero attached hydrogens (tertiary/aromatic N) is 1. The number of hydrogen-bond donors (Lipinski definition) is 1. The Balaban J connectivity index is 3.03. The van der Waals surface area contributed by atoms with Crippen molar-refractivity contribution in [3.63, 3.8) is 0 Å². The fourth-order valence-electron chi connectivity index (χ4n) is 2.67. The van der Waals surface area contributed by atoms with E-state index in [9.17, 15) is 9.90 Å². The smallest absolute Gasteiger partial charge is 0.222 e. The molecule has 0 aliphatic carbocycles. The second-order valence-electron chi connectivity index (χ2n) is 7.16. The van der Waals surface area contributed by atoms with Crippen LogP contribution in [0, 0.1) is 5.92 Å². The standard InChI is InChI=1S/C15H29NO2Si/c1-8-9-10-12-13(11(2)17)14(18)16(12)19(6,7)15(3,4)5/h8-9,11-13,17H,10H2,1-7H3. The predicted octanol–water partition coefficient (Wildman–Crippen LogP) is 3.17. The summed E-state index contributed by atoms with van der Waals surface area (Å²) in [5.74, 6) is -0.0681. The highest BCUT2D eigenvalue weighted by Gasteiger charge is 2.57. The lowest BCUT2D eigenvalue weighted by Gasteiger charge is -2.59. The van der Waals surface area contributed by atoms with Gasteiger partial charge >= 0.3 is 0 Å². The van der Waals surface area contributed by atoms with Crippen LogP contribution in [0.2, 0.25) is 18.1 Å². The van der Waals surface area contributed by atoms with Crippen molar-refractivity contribution in [2.75, 3.05) is 0 Å². The van der Waals surface area contributed by atoms with Crippen LogP contribution in [0.5, 0.6) is 0 Å². The SMILES string of the molecule is CC=CCC1C(C(C)O)C(=O)N1[Si](C)(C)C(C)(C)C. The van der Waals surface area contributed by atoms with Gasteiger partial charge in [0.1, 0.15) is 0 Å². The van der Waals surface area contributed by atoms with Crippen LogP contribution in [0.1, 0.15) is 41.0 Å². The Morgan fingerprint density at radius 1 is 1.42 bits per heavy atom. The van der Waals surface area contributed by atoms with E-state index in [1.54, 1.807) is 6.92 Å². The lowest BCUT2D eigenvalue weighted by Crippen LogP contribution is -2.74. The maximum Gasteiger partial charge on any atom is 0.222 e. The first-order valence-corrected chi connectivity index (χ1v) is 10.1. The molecule has 0 bridgehead atoms. The summed E-state index contributed by atoms with van der Waals surface area (Å²) >= 11 is 0. The lowest BCUT2D eigenvalue weighted by atomic mass is 9.84. The molecule has 0 saturated carbocycles. The highest BCUT2D eigenvalue weighted by atomic mass is 28.3. The Morgan fingerprint density at radius 3 is 2.32 bits per heavy atom. The molecule has 4 heteroatoms. The number of allylic oxidation sites excluding steroid dienone is 1. The van der Waals surface area contributed by atoms with Crippen molar-refractivity contribution in [3.8, 4) is 0 Å². The minimum atomic E-state index is -1.85. The summed E-state index contributed by atoms with van der Waals surface area (Å²) in [6.07, 6.45) is 4.42. The molecule has 1 aliphatic heterocycles. The first kappa shape index (κ1) is 16.4. The Morgan fingerprint density at radius 2 is 1.95 bits per heavy atom. The van der Waals surface area contributed by atoms with Gasteiger partial charge in [0.05, 0.1) is 12.0 Å². The number of aliphatic hydroxyl groups is 1. The zero-order valence-electron chi connectivity index (χ0n) is 13.4. The highest BCUT2D eigenvalue weighted by molar-refractivity contribution is 6.80. The van der Waals surface area contributed by atoms with Crippen LogP contribution in [0.15, 0.2) is 12.2 Å². The molecule has 1 rings (SSSR count). The molecule has 0 radical (unpaired) electrons. The third-order valence-electron chi connectivity index (χ3n) is 4.84. The molecule has 1 amide bonds. The molecule has 0 aromatic rings. The summed E-state index contributed by atoms with van der Waals surface area (Å²) in [4.78, 5) is 12.4. The van der Waals surface area contributed by atoms with Crippen molar-refractivity contribution in [2.24, 2.45) is 5.92 Å². The number of carbonyl (C=O) groups is 1. The largest absolute Gasteiger partial charge is 0.393 e. The Kier molecular flexibility index (Phi) is 4.68. The van der Waals surface area contributed by atoms with Gasteiger partial charge in [0.2, 0.25) is 5.91 Å². The number of hydrogen-bond acceptors (Lipinski definition) is 2. The summed E-state index contributed by atoms with van der Waals surface area (Å²) in [5, 5.41) is 9.98. The first-order valence-electron chi connectivity index (χ1n) is 7.18. The molecule has 1 saturated heterocycles. The fraction of sp³-hybridized carbons (Fsp3) is 0.800. The molecule has 3 atom stereocenters. The van der Waals surface area contributed by atoms with E-state index >= 15 is 0 Å². The number of rotatable bonds is 4. The minimum Gasteiger partial charge on any atom is -0.393 e. The van der Waals surface area contributed by atoms with Crippen LogP contribution in [-0.4, -0.2) is 36.0 Å². The van der Waals surface area contributed by atoms with Gasteiger partial charge in [-0.25, -0.2) is 0 Å². The summed E-state index contributed by atoms with van der Waals surface area (Å²) in [6, 6.07) is 0.171. The minimum absolute atomic E-state index is 0.139. The first-order chi connectivity index (χ1) is 8.55. The molecular weight excluding hydrogens is 254 g/mol. The normalized spacial score (nSPS) is 26.7. The van der Waals surface area contributed by atoms with Gasteiger partial charge in [-0.3, -0.25) is 4.79 Å². The van der Waals surface area contributed by atoms with Gasteiger partial charge in [0.25, 0.3) is 0 Å². The zero-order chi connectivity index (χ0) is 15.0. The van der Waals surface area contributed by atoms with E-state index < -0.39 is 14.3 Å². The van der Waals surface area contributed by atoms with Gasteiger partial charge < -0.3 is 9.67 Å². The van der Waals surface area contributed by atoms with Crippen molar-refractivity contribution in [1.82, 2.24) is 4.57 Å². The van der Waals surface area contributed by atoms with E-state index in [4.69, 9.17) is 0 Å². The maximum absolute atomic E-state index is 12.4. The number of aliphatic hydroxyl groups excluding tert-OH is 1. The maximum atomic E-state index is 12.4. The molecule has 19 heavy (non-hydrogen) atoms. The molecule has 1 fully saturated rings. The molecule has 0 aromatic carbocycles. The van der Waals surface area contributed by atoms with E-state index in [2.05, 4.69) is 44.5 Å².